The molecule has 8 heteroatoms. The molecule has 1 heterocycles. The SMILES string of the molecule is CCOc1cc(/C=C2\SC(=O)N(Cc3ccc(Cl)cc3)C2=O)cc(Br)c1OCc1ccc(C)cc1. The topological polar surface area (TPSA) is 55.8 Å². The van der Waals surface area contributed by atoms with Crippen molar-refractivity contribution in [2.24, 2.45) is 0 Å². The zero-order valence-electron chi connectivity index (χ0n) is 19.2. The molecule has 1 fully saturated rings. The van der Waals surface area contributed by atoms with Crippen LogP contribution < -0.4 is 9.47 Å². The minimum atomic E-state index is -0.330. The third-order valence-corrected chi connectivity index (χ3v) is 7.01. The number of carbonyl (C=O) groups excluding carboxylic acids is 2. The highest BCUT2D eigenvalue weighted by Crippen LogP contribution is 2.40. The Labute approximate surface area is 222 Å². The van der Waals surface area contributed by atoms with E-state index in [2.05, 4.69) is 15.9 Å². The number of hydrogen-bond donors (Lipinski definition) is 0. The van der Waals surface area contributed by atoms with Gasteiger partial charge in [-0.1, -0.05) is 53.6 Å². The zero-order chi connectivity index (χ0) is 24.9. The molecule has 0 unspecified atom stereocenters. The molecule has 0 radical (unpaired) electrons. The Bertz CT molecular complexity index is 1280. The molecule has 35 heavy (non-hydrogen) atoms. The van der Waals surface area contributed by atoms with Gasteiger partial charge in [-0.25, -0.2) is 0 Å². The Hall–Kier alpha value is -2.74. The minimum absolute atomic E-state index is 0.193. The number of halogens is 2. The number of benzene rings is 3. The molecular formula is C27H23BrClNO4S. The monoisotopic (exact) mass is 571 g/mol. The van der Waals surface area contributed by atoms with Crippen molar-refractivity contribution in [3.05, 3.63) is 97.3 Å². The Morgan fingerprint density at radius 2 is 1.69 bits per heavy atom. The van der Waals surface area contributed by atoms with Gasteiger partial charge in [-0.15, -0.1) is 0 Å². The van der Waals surface area contributed by atoms with E-state index in [1.54, 1.807) is 30.3 Å². The fourth-order valence-electron chi connectivity index (χ4n) is 3.47. The van der Waals surface area contributed by atoms with Gasteiger partial charge in [0.15, 0.2) is 11.5 Å². The fourth-order valence-corrected chi connectivity index (χ4v) is 5.01. The summed E-state index contributed by atoms with van der Waals surface area (Å²) in [5.41, 5.74) is 3.78. The van der Waals surface area contributed by atoms with E-state index in [1.807, 2.05) is 50.2 Å². The maximum atomic E-state index is 13.0. The number of hydrogen-bond acceptors (Lipinski definition) is 5. The van der Waals surface area contributed by atoms with E-state index in [0.29, 0.717) is 39.1 Å². The van der Waals surface area contributed by atoms with Crippen LogP contribution in [0, 0.1) is 6.92 Å². The summed E-state index contributed by atoms with van der Waals surface area (Å²) in [6, 6.07) is 18.9. The van der Waals surface area contributed by atoms with Gasteiger partial charge in [0.2, 0.25) is 0 Å². The minimum Gasteiger partial charge on any atom is -0.490 e. The van der Waals surface area contributed by atoms with Gasteiger partial charge >= 0.3 is 0 Å². The number of imide groups is 1. The summed E-state index contributed by atoms with van der Waals surface area (Å²) < 4.78 is 12.6. The summed E-state index contributed by atoms with van der Waals surface area (Å²) in [6.45, 7) is 4.97. The summed E-state index contributed by atoms with van der Waals surface area (Å²) >= 11 is 10.4. The first-order valence-electron chi connectivity index (χ1n) is 11.0. The molecule has 1 aliphatic heterocycles. The van der Waals surface area contributed by atoms with Crippen molar-refractivity contribution in [1.82, 2.24) is 4.90 Å². The molecule has 5 nitrogen and oxygen atoms in total. The van der Waals surface area contributed by atoms with E-state index in [4.69, 9.17) is 21.1 Å². The first-order valence-corrected chi connectivity index (χ1v) is 13.0. The van der Waals surface area contributed by atoms with Gasteiger partial charge in [-0.3, -0.25) is 14.5 Å². The lowest BCUT2D eigenvalue weighted by molar-refractivity contribution is -0.123. The van der Waals surface area contributed by atoms with Crippen LogP contribution in [-0.4, -0.2) is 22.7 Å². The predicted molar refractivity (Wildman–Crippen MR) is 144 cm³/mol. The van der Waals surface area contributed by atoms with Gasteiger partial charge in [0.1, 0.15) is 6.61 Å². The molecule has 0 N–H and O–H groups in total. The van der Waals surface area contributed by atoms with Crippen molar-refractivity contribution in [3.63, 3.8) is 0 Å². The van der Waals surface area contributed by atoms with Gasteiger partial charge in [0.25, 0.3) is 11.1 Å². The Balaban J connectivity index is 1.54. The molecule has 1 saturated heterocycles. The second-order valence-electron chi connectivity index (χ2n) is 7.93. The second kappa shape index (κ2) is 11.3. The van der Waals surface area contributed by atoms with Gasteiger partial charge in [-0.05, 0) is 88.6 Å². The molecule has 0 aliphatic carbocycles. The van der Waals surface area contributed by atoms with Crippen molar-refractivity contribution >= 4 is 56.5 Å². The van der Waals surface area contributed by atoms with Crippen LogP contribution in [-0.2, 0) is 17.9 Å². The van der Waals surface area contributed by atoms with E-state index >= 15 is 0 Å². The summed E-state index contributed by atoms with van der Waals surface area (Å²) in [5, 5.41) is 0.295. The maximum Gasteiger partial charge on any atom is 0.293 e. The van der Waals surface area contributed by atoms with Crippen molar-refractivity contribution in [2.75, 3.05) is 6.61 Å². The molecule has 3 aromatic rings. The molecule has 0 bridgehead atoms. The van der Waals surface area contributed by atoms with E-state index in [0.717, 1.165) is 28.5 Å². The molecule has 1 aliphatic rings. The number of amides is 2. The quantitative estimate of drug-likeness (QED) is 0.260. The van der Waals surface area contributed by atoms with Crippen LogP contribution in [0.5, 0.6) is 11.5 Å². The summed E-state index contributed by atoms with van der Waals surface area (Å²) in [6.07, 6.45) is 1.70. The normalized spacial score (nSPS) is 14.6. The average Bonchev–Trinajstić information content (AvgIpc) is 3.08. The molecule has 4 rings (SSSR count). The van der Waals surface area contributed by atoms with E-state index < -0.39 is 0 Å². The highest BCUT2D eigenvalue weighted by molar-refractivity contribution is 9.10. The van der Waals surface area contributed by atoms with Crippen LogP contribution in [0.2, 0.25) is 5.02 Å². The molecule has 0 saturated carbocycles. The number of ether oxygens (including phenoxy) is 2. The zero-order valence-corrected chi connectivity index (χ0v) is 22.4. The molecule has 0 aromatic heterocycles. The number of thioether (sulfide) groups is 1. The first kappa shape index (κ1) is 25.4. The largest absolute Gasteiger partial charge is 0.490 e. The van der Waals surface area contributed by atoms with Crippen molar-refractivity contribution in [2.45, 2.75) is 27.0 Å². The van der Waals surface area contributed by atoms with Gasteiger partial charge < -0.3 is 9.47 Å². The molecule has 3 aromatic carbocycles. The first-order chi connectivity index (χ1) is 16.8. The van der Waals surface area contributed by atoms with Crippen LogP contribution in [0.15, 0.2) is 70.0 Å². The average molecular weight is 573 g/mol. The molecule has 2 amide bonds. The van der Waals surface area contributed by atoms with Crippen molar-refractivity contribution in [1.29, 1.82) is 0 Å². The third kappa shape index (κ3) is 6.28. The highest BCUT2D eigenvalue weighted by Gasteiger charge is 2.35. The van der Waals surface area contributed by atoms with Crippen molar-refractivity contribution in [3.8, 4) is 11.5 Å². The lowest BCUT2D eigenvalue weighted by Gasteiger charge is -2.15. The number of nitrogens with zero attached hydrogens (tertiary/aromatic N) is 1. The van der Waals surface area contributed by atoms with Crippen LogP contribution >= 0.6 is 39.3 Å². The van der Waals surface area contributed by atoms with Crippen molar-refractivity contribution < 1.29 is 19.1 Å². The number of carbonyl (C=O) groups is 2. The van der Waals surface area contributed by atoms with Crippen LogP contribution in [0.25, 0.3) is 6.08 Å². The molecule has 0 atom stereocenters. The predicted octanol–water partition coefficient (Wildman–Crippen LogP) is 7.63. The highest BCUT2D eigenvalue weighted by atomic mass is 79.9. The maximum absolute atomic E-state index is 13.0. The molecule has 180 valence electrons. The molecular weight excluding hydrogens is 550 g/mol. The van der Waals surface area contributed by atoms with E-state index in [-0.39, 0.29) is 17.7 Å². The Kier molecular flexibility index (Phi) is 8.21. The lowest BCUT2D eigenvalue weighted by atomic mass is 10.1. The van der Waals surface area contributed by atoms with E-state index in [9.17, 15) is 9.59 Å². The van der Waals surface area contributed by atoms with Gasteiger partial charge in [-0.2, -0.15) is 0 Å². The van der Waals surface area contributed by atoms with Gasteiger partial charge in [0.05, 0.1) is 22.5 Å². The third-order valence-electron chi connectivity index (χ3n) is 5.26. The standard InChI is InChI=1S/C27H23BrClNO4S/c1-3-33-23-13-20(12-22(28)25(23)34-16-19-6-4-17(2)5-7-19)14-24-26(31)30(27(32)35-24)15-18-8-10-21(29)11-9-18/h4-14H,3,15-16H2,1-2H3/b24-14-. The van der Waals surface area contributed by atoms with E-state index in [1.165, 1.54) is 10.5 Å². The summed E-state index contributed by atoms with van der Waals surface area (Å²) in [7, 11) is 0. The lowest BCUT2D eigenvalue weighted by Crippen LogP contribution is -2.27. The van der Waals surface area contributed by atoms with Crippen LogP contribution in [0.3, 0.4) is 0 Å². The second-order valence-corrected chi connectivity index (χ2v) is 10.2. The fraction of sp³-hybridized carbons (Fsp3) is 0.185. The summed E-state index contributed by atoms with van der Waals surface area (Å²) in [5.74, 6) is 0.810. The number of aryl methyl sites for hydroxylation is 1. The molecule has 0 spiro atoms. The van der Waals surface area contributed by atoms with Gasteiger partial charge in [0, 0.05) is 5.02 Å². The smallest absolute Gasteiger partial charge is 0.293 e. The van der Waals surface area contributed by atoms with Crippen LogP contribution in [0.1, 0.15) is 29.2 Å². The Morgan fingerprint density at radius 3 is 2.37 bits per heavy atom. The Morgan fingerprint density at radius 1 is 1.00 bits per heavy atom. The number of rotatable bonds is 8. The summed E-state index contributed by atoms with van der Waals surface area (Å²) in [4.78, 5) is 27.1. The van der Waals surface area contributed by atoms with Crippen LogP contribution in [0.4, 0.5) is 4.79 Å².